The van der Waals surface area contributed by atoms with Crippen molar-refractivity contribution in [2.45, 2.75) is 44.1 Å². The SMILES string of the molecule is CCNC(=NCC1(O)CCSC1)N1CC(CCN2CCCC2=O)c2ccccc21.I. The molecule has 2 atom stereocenters. The van der Waals surface area contributed by atoms with Gasteiger partial charge in [-0.1, -0.05) is 18.2 Å². The van der Waals surface area contributed by atoms with E-state index < -0.39 is 5.60 Å². The highest BCUT2D eigenvalue weighted by molar-refractivity contribution is 14.0. The minimum atomic E-state index is -0.680. The van der Waals surface area contributed by atoms with E-state index in [9.17, 15) is 9.90 Å². The molecule has 0 radical (unpaired) electrons. The van der Waals surface area contributed by atoms with Crippen LogP contribution in [0.4, 0.5) is 5.69 Å². The Labute approximate surface area is 200 Å². The van der Waals surface area contributed by atoms with Crippen LogP contribution in [0.15, 0.2) is 29.3 Å². The summed E-state index contributed by atoms with van der Waals surface area (Å²) in [6, 6.07) is 8.53. The van der Waals surface area contributed by atoms with Gasteiger partial charge in [0.05, 0.1) is 12.1 Å². The van der Waals surface area contributed by atoms with Crippen molar-refractivity contribution in [1.82, 2.24) is 10.2 Å². The maximum absolute atomic E-state index is 12.0. The van der Waals surface area contributed by atoms with E-state index in [1.165, 1.54) is 11.3 Å². The highest BCUT2D eigenvalue weighted by Crippen LogP contribution is 2.38. The van der Waals surface area contributed by atoms with Gasteiger partial charge in [0.15, 0.2) is 5.96 Å². The summed E-state index contributed by atoms with van der Waals surface area (Å²) >= 11 is 1.80. The number of rotatable bonds is 6. The zero-order valence-electron chi connectivity index (χ0n) is 17.7. The van der Waals surface area contributed by atoms with Crippen LogP contribution in [-0.2, 0) is 4.79 Å². The van der Waals surface area contributed by atoms with Crippen molar-refractivity contribution in [2.75, 3.05) is 49.1 Å². The first-order valence-corrected chi connectivity index (χ1v) is 12.0. The molecule has 4 rings (SSSR count). The number of aliphatic imine (C=N–C) groups is 1. The Kier molecular flexibility index (Phi) is 8.31. The van der Waals surface area contributed by atoms with E-state index in [0.717, 1.165) is 62.9 Å². The fourth-order valence-corrected chi connectivity index (χ4v) is 5.82. The smallest absolute Gasteiger partial charge is 0.222 e. The molecule has 1 amide bonds. The Morgan fingerprint density at radius 1 is 1.40 bits per heavy atom. The lowest BCUT2D eigenvalue weighted by molar-refractivity contribution is -0.127. The maximum Gasteiger partial charge on any atom is 0.222 e. The molecule has 30 heavy (non-hydrogen) atoms. The Hall–Kier alpha value is -1.000. The summed E-state index contributed by atoms with van der Waals surface area (Å²) in [5.41, 5.74) is 1.85. The molecule has 166 valence electrons. The first-order chi connectivity index (χ1) is 14.1. The number of amides is 1. The second kappa shape index (κ2) is 10.5. The van der Waals surface area contributed by atoms with Gasteiger partial charge in [-0.05, 0) is 43.6 Å². The number of likely N-dealkylation sites (tertiary alicyclic amines) is 1. The third-order valence-electron chi connectivity index (χ3n) is 6.19. The van der Waals surface area contributed by atoms with Crippen LogP contribution < -0.4 is 10.2 Å². The van der Waals surface area contributed by atoms with Crippen LogP contribution in [0.2, 0.25) is 0 Å². The number of hydrogen-bond donors (Lipinski definition) is 2. The van der Waals surface area contributed by atoms with E-state index in [0.29, 0.717) is 24.8 Å². The van der Waals surface area contributed by atoms with Crippen LogP contribution in [0.3, 0.4) is 0 Å². The Morgan fingerprint density at radius 3 is 2.93 bits per heavy atom. The number of thioether (sulfide) groups is 1. The van der Waals surface area contributed by atoms with Crippen molar-refractivity contribution < 1.29 is 9.90 Å². The molecule has 2 unspecified atom stereocenters. The second-order valence-corrected chi connectivity index (χ2v) is 9.44. The zero-order chi connectivity index (χ0) is 20.3. The van der Waals surface area contributed by atoms with Gasteiger partial charge in [0.25, 0.3) is 0 Å². The Morgan fingerprint density at radius 2 is 2.23 bits per heavy atom. The van der Waals surface area contributed by atoms with E-state index in [-0.39, 0.29) is 24.0 Å². The molecule has 1 aromatic rings. The number of nitrogens with zero attached hydrogens (tertiary/aromatic N) is 3. The molecule has 0 saturated carbocycles. The average molecular weight is 545 g/mol. The molecule has 2 fully saturated rings. The molecular weight excluding hydrogens is 511 g/mol. The Balaban J connectivity index is 0.00000256. The van der Waals surface area contributed by atoms with Gasteiger partial charge in [0, 0.05) is 50.0 Å². The predicted octanol–water partition coefficient (Wildman–Crippen LogP) is 3.05. The fraction of sp³-hybridized carbons (Fsp3) is 0.636. The van der Waals surface area contributed by atoms with Gasteiger partial charge in [-0.25, -0.2) is 4.99 Å². The van der Waals surface area contributed by atoms with Crippen LogP contribution in [0, 0.1) is 0 Å². The average Bonchev–Trinajstić information content (AvgIpc) is 3.43. The third kappa shape index (κ3) is 5.24. The van der Waals surface area contributed by atoms with E-state index >= 15 is 0 Å². The lowest BCUT2D eigenvalue weighted by atomic mass is 9.98. The topological polar surface area (TPSA) is 68.2 Å². The molecule has 1 aromatic carbocycles. The molecule has 3 aliphatic rings. The van der Waals surface area contributed by atoms with Gasteiger partial charge in [-0.2, -0.15) is 11.8 Å². The standard InChI is InChI=1S/C22H32N4O2S.HI/c1-2-23-21(24-15-22(28)10-13-29-16-22)26-14-17(18-6-3-4-7-19(18)26)9-12-25-11-5-8-20(25)27;/h3-4,6-7,17,28H,2,5,8-16H2,1H3,(H,23,24);1H. The largest absolute Gasteiger partial charge is 0.387 e. The first kappa shape index (κ1) is 23.7. The molecule has 2 N–H and O–H groups in total. The highest BCUT2D eigenvalue weighted by atomic mass is 127. The number of aliphatic hydroxyl groups is 1. The van der Waals surface area contributed by atoms with Crippen LogP contribution in [0.25, 0.3) is 0 Å². The second-order valence-electron chi connectivity index (χ2n) is 8.34. The predicted molar refractivity (Wildman–Crippen MR) is 135 cm³/mol. The van der Waals surface area contributed by atoms with E-state index in [1.54, 1.807) is 11.8 Å². The Bertz CT molecular complexity index is 769. The summed E-state index contributed by atoms with van der Waals surface area (Å²) in [6.07, 6.45) is 3.47. The normalized spacial score (nSPS) is 26.1. The number of halogens is 1. The number of hydrogen-bond acceptors (Lipinski definition) is 4. The summed E-state index contributed by atoms with van der Waals surface area (Å²) < 4.78 is 0. The quantitative estimate of drug-likeness (QED) is 0.328. The van der Waals surface area contributed by atoms with E-state index in [2.05, 4.69) is 41.4 Å². The number of carbonyl (C=O) groups is 1. The molecule has 8 heteroatoms. The minimum Gasteiger partial charge on any atom is -0.387 e. The number of guanidine groups is 1. The van der Waals surface area contributed by atoms with Crippen molar-refractivity contribution in [1.29, 1.82) is 0 Å². The molecule has 0 bridgehead atoms. The van der Waals surface area contributed by atoms with Crippen LogP contribution in [-0.4, -0.2) is 71.7 Å². The van der Waals surface area contributed by atoms with Gasteiger partial charge in [-0.15, -0.1) is 24.0 Å². The monoisotopic (exact) mass is 544 g/mol. The van der Waals surface area contributed by atoms with Gasteiger partial charge in [-0.3, -0.25) is 4.79 Å². The molecule has 0 aliphatic carbocycles. The minimum absolute atomic E-state index is 0. The molecule has 0 aromatic heterocycles. The van der Waals surface area contributed by atoms with Gasteiger partial charge in [0.2, 0.25) is 5.91 Å². The number of para-hydroxylation sites is 1. The summed E-state index contributed by atoms with van der Waals surface area (Å²) in [5, 5.41) is 14.1. The molecule has 3 aliphatic heterocycles. The van der Waals surface area contributed by atoms with Crippen molar-refractivity contribution in [3.8, 4) is 0 Å². The van der Waals surface area contributed by atoms with Gasteiger partial charge >= 0.3 is 0 Å². The number of anilines is 1. The molecule has 3 heterocycles. The zero-order valence-corrected chi connectivity index (χ0v) is 20.8. The third-order valence-corrected chi connectivity index (χ3v) is 7.42. The van der Waals surface area contributed by atoms with Crippen LogP contribution in [0.5, 0.6) is 0 Å². The summed E-state index contributed by atoms with van der Waals surface area (Å²) in [4.78, 5) is 21.1. The van der Waals surface area contributed by atoms with E-state index in [1.807, 2.05) is 4.90 Å². The number of fused-ring (bicyclic) bond motifs is 1. The van der Waals surface area contributed by atoms with Crippen molar-refractivity contribution in [3.05, 3.63) is 29.8 Å². The summed E-state index contributed by atoms with van der Waals surface area (Å²) in [5.74, 6) is 3.30. The van der Waals surface area contributed by atoms with Crippen LogP contribution >= 0.6 is 35.7 Å². The molecule has 0 spiro atoms. The lowest BCUT2D eigenvalue weighted by Crippen LogP contribution is -2.43. The summed E-state index contributed by atoms with van der Waals surface area (Å²) in [7, 11) is 0. The fourth-order valence-electron chi connectivity index (χ4n) is 4.53. The van der Waals surface area contributed by atoms with Crippen molar-refractivity contribution >= 4 is 53.3 Å². The highest BCUT2D eigenvalue weighted by Gasteiger charge is 2.34. The molecule has 6 nitrogen and oxygen atoms in total. The summed E-state index contributed by atoms with van der Waals surface area (Å²) in [6.45, 7) is 5.90. The van der Waals surface area contributed by atoms with Crippen molar-refractivity contribution in [3.63, 3.8) is 0 Å². The lowest BCUT2D eigenvalue weighted by Gasteiger charge is -2.25. The van der Waals surface area contributed by atoms with Gasteiger partial charge in [0.1, 0.15) is 0 Å². The molecule has 2 saturated heterocycles. The van der Waals surface area contributed by atoms with E-state index in [4.69, 9.17) is 4.99 Å². The van der Waals surface area contributed by atoms with Gasteiger partial charge < -0.3 is 20.2 Å². The molecular formula is C22H33IN4O2S. The number of benzene rings is 1. The first-order valence-electron chi connectivity index (χ1n) is 10.8. The number of nitrogens with one attached hydrogen (secondary N) is 1. The van der Waals surface area contributed by atoms with Crippen LogP contribution in [0.1, 0.15) is 44.1 Å². The van der Waals surface area contributed by atoms with Crippen molar-refractivity contribution in [2.24, 2.45) is 4.99 Å². The maximum atomic E-state index is 12.0. The number of carbonyl (C=O) groups excluding carboxylic acids is 1.